The molecule has 32 heavy (non-hydrogen) atoms. The zero-order chi connectivity index (χ0) is 23.4. The van der Waals surface area contributed by atoms with Gasteiger partial charge in [0.15, 0.2) is 17.2 Å². The minimum absolute atomic E-state index is 0.0609. The number of carbonyl (C=O) groups excluding carboxylic acids is 1. The summed E-state index contributed by atoms with van der Waals surface area (Å²) in [5, 5.41) is 12.6. The number of hydrogen-bond donors (Lipinski definition) is 4. The first-order valence-corrected chi connectivity index (χ1v) is 10.6. The highest BCUT2D eigenvalue weighted by atomic mass is 79.9. The van der Waals surface area contributed by atoms with Crippen molar-refractivity contribution in [2.75, 3.05) is 31.8 Å². The molecule has 0 bridgehead atoms. The van der Waals surface area contributed by atoms with Gasteiger partial charge in [-0.25, -0.2) is 0 Å². The van der Waals surface area contributed by atoms with Gasteiger partial charge in [0.25, 0.3) is 0 Å². The van der Waals surface area contributed by atoms with E-state index in [1.807, 2.05) is 6.07 Å². The molecular formula is C22H24BrN5O4. The Morgan fingerprint density at radius 3 is 2.66 bits per heavy atom. The third kappa shape index (κ3) is 4.30. The maximum Gasteiger partial charge on any atom is 0.224 e. The number of nitrogens with one attached hydrogen (secondary N) is 1. The van der Waals surface area contributed by atoms with Gasteiger partial charge in [0.1, 0.15) is 11.6 Å². The molecule has 0 saturated heterocycles. The number of carbonyl (C=O) groups is 1. The molecule has 2 aromatic rings. The third-order valence-corrected chi connectivity index (χ3v) is 5.68. The highest BCUT2D eigenvalue weighted by Gasteiger charge is 2.33. The Kier molecular flexibility index (Phi) is 7.12. The molecule has 0 aliphatic carbocycles. The number of amides is 1. The predicted octanol–water partition coefficient (Wildman–Crippen LogP) is 2.94. The quantitative estimate of drug-likeness (QED) is 0.421. The van der Waals surface area contributed by atoms with E-state index >= 15 is 0 Å². The number of nitrogens with zero attached hydrogens (tertiary/aromatic N) is 1. The lowest BCUT2D eigenvalue weighted by molar-refractivity contribution is -0.116. The van der Waals surface area contributed by atoms with Crippen LogP contribution in [0, 0.1) is 11.3 Å². The molecule has 0 fully saturated rings. The lowest BCUT2D eigenvalue weighted by Gasteiger charge is -2.28. The topological polar surface area (TPSA) is 159 Å². The summed E-state index contributed by atoms with van der Waals surface area (Å²) in [5.74, 6) is 0.457. The number of nitriles is 1. The minimum Gasteiger partial charge on any atom is -0.493 e. The van der Waals surface area contributed by atoms with E-state index in [2.05, 4.69) is 27.3 Å². The van der Waals surface area contributed by atoms with E-state index < -0.39 is 5.92 Å². The van der Waals surface area contributed by atoms with Crippen LogP contribution < -0.4 is 36.7 Å². The van der Waals surface area contributed by atoms with Crippen LogP contribution >= 0.6 is 15.9 Å². The van der Waals surface area contributed by atoms with Crippen LogP contribution in [0.4, 0.5) is 11.4 Å². The fourth-order valence-corrected chi connectivity index (χ4v) is 4.20. The fourth-order valence-electron chi connectivity index (χ4n) is 3.58. The maximum absolute atomic E-state index is 12.1. The van der Waals surface area contributed by atoms with Crippen LogP contribution in [-0.4, -0.2) is 26.7 Å². The van der Waals surface area contributed by atoms with Gasteiger partial charge >= 0.3 is 0 Å². The summed E-state index contributed by atoms with van der Waals surface area (Å²) in [6, 6.07) is 9.16. The first kappa shape index (κ1) is 23.2. The zero-order valence-corrected chi connectivity index (χ0v) is 19.3. The van der Waals surface area contributed by atoms with E-state index in [9.17, 15) is 10.1 Å². The fraction of sp³-hybridized carbons (Fsp3) is 0.273. The molecule has 2 aromatic carbocycles. The number of halogens is 1. The molecule has 9 nitrogen and oxygen atoms in total. The monoisotopic (exact) mass is 501 g/mol. The van der Waals surface area contributed by atoms with Gasteiger partial charge in [-0.1, -0.05) is 6.07 Å². The van der Waals surface area contributed by atoms with Crippen molar-refractivity contribution in [2.24, 2.45) is 11.5 Å². The lowest BCUT2D eigenvalue weighted by atomic mass is 9.83. The van der Waals surface area contributed by atoms with E-state index in [1.165, 1.54) is 14.2 Å². The Balaban J connectivity index is 2.12. The van der Waals surface area contributed by atoms with Crippen LogP contribution in [0.25, 0.3) is 0 Å². The largest absolute Gasteiger partial charge is 0.493 e. The number of anilines is 2. The summed E-state index contributed by atoms with van der Waals surface area (Å²) in [4.78, 5) is 12.1. The van der Waals surface area contributed by atoms with Gasteiger partial charge in [-0.3, -0.25) is 4.79 Å². The van der Waals surface area contributed by atoms with Crippen molar-refractivity contribution in [1.82, 2.24) is 0 Å². The number of benzene rings is 2. The molecule has 0 aromatic heterocycles. The van der Waals surface area contributed by atoms with Crippen LogP contribution in [0.5, 0.6) is 17.2 Å². The highest BCUT2D eigenvalue weighted by molar-refractivity contribution is 9.10. The summed E-state index contributed by atoms with van der Waals surface area (Å²) >= 11 is 3.49. The molecule has 1 atom stereocenters. The molecule has 7 N–H and O–H groups in total. The normalized spacial score (nSPS) is 14.8. The minimum atomic E-state index is -0.566. The van der Waals surface area contributed by atoms with E-state index in [0.717, 1.165) is 5.56 Å². The summed E-state index contributed by atoms with van der Waals surface area (Å²) in [5.41, 5.74) is 20.1. The SMILES string of the molecule is COc1cc(C2C(C#N)=C(N)Oc3c2ccc(NC(=O)CCCN)c3N)cc(Br)c1OC. The zero-order valence-electron chi connectivity index (χ0n) is 17.7. The summed E-state index contributed by atoms with van der Waals surface area (Å²) in [6.07, 6.45) is 0.835. The molecule has 1 aliphatic heterocycles. The number of fused-ring (bicyclic) bond motifs is 1. The van der Waals surface area contributed by atoms with E-state index in [0.29, 0.717) is 40.2 Å². The van der Waals surface area contributed by atoms with Crippen LogP contribution in [0.15, 0.2) is 40.2 Å². The van der Waals surface area contributed by atoms with Crippen molar-refractivity contribution in [3.05, 3.63) is 51.3 Å². The smallest absolute Gasteiger partial charge is 0.224 e. The van der Waals surface area contributed by atoms with Crippen molar-refractivity contribution in [3.63, 3.8) is 0 Å². The van der Waals surface area contributed by atoms with Crippen LogP contribution in [-0.2, 0) is 4.79 Å². The molecule has 1 heterocycles. The molecule has 0 saturated carbocycles. The molecule has 1 unspecified atom stereocenters. The van der Waals surface area contributed by atoms with Gasteiger partial charge in [0.05, 0.1) is 36.0 Å². The van der Waals surface area contributed by atoms with Crippen molar-refractivity contribution in [3.8, 4) is 23.3 Å². The number of nitrogens with two attached hydrogens (primary N) is 3. The second kappa shape index (κ2) is 9.80. The number of rotatable bonds is 7. The van der Waals surface area contributed by atoms with Crippen molar-refractivity contribution < 1.29 is 19.0 Å². The number of nitrogen functional groups attached to an aromatic ring is 1. The molecule has 1 aliphatic rings. The number of hydrogen-bond acceptors (Lipinski definition) is 8. The van der Waals surface area contributed by atoms with Gasteiger partial charge in [-0.05, 0) is 52.7 Å². The summed E-state index contributed by atoms with van der Waals surface area (Å²) in [7, 11) is 3.06. The number of methoxy groups -OCH3 is 2. The average molecular weight is 502 g/mol. The maximum atomic E-state index is 12.1. The van der Waals surface area contributed by atoms with E-state index in [1.54, 1.807) is 18.2 Å². The Bertz CT molecular complexity index is 1130. The molecule has 0 radical (unpaired) electrons. The molecule has 168 valence electrons. The predicted molar refractivity (Wildman–Crippen MR) is 124 cm³/mol. The number of ether oxygens (including phenoxy) is 3. The van der Waals surface area contributed by atoms with Crippen LogP contribution in [0.2, 0.25) is 0 Å². The molecule has 10 heteroatoms. The van der Waals surface area contributed by atoms with Crippen molar-refractivity contribution in [2.45, 2.75) is 18.8 Å². The van der Waals surface area contributed by atoms with Gasteiger partial charge in [-0.15, -0.1) is 0 Å². The van der Waals surface area contributed by atoms with Crippen molar-refractivity contribution in [1.29, 1.82) is 5.26 Å². The molecule has 3 rings (SSSR count). The van der Waals surface area contributed by atoms with Gasteiger partial charge < -0.3 is 36.7 Å². The molecule has 0 spiro atoms. The first-order valence-electron chi connectivity index (χ1n) is 9.77. The van der Waals surface area contributed by atoms with Crippen molar-refractivity contribution >= 4 is 33.2 Å². The van der Waals surface area contributed by atoms with Gasteiger partial charge in [0, 0.05) is 12.0 Å². The first-order chi connectivity index (χ1) is 15.4. The van der Waals surface area contributed by atoms with Crippen LogP contribution in [0.3, 0.4) is 0 Å². The standard InChI is InChI=1S/C22H24BrN5O4/c1-30-16-9-11(8-14(23)21(16)31-2)18-12-5-6-15(28-17(29)4-3-7-24)19(26)20(12)32-22(27)13(18)10-25/h5-6,8-9,18H,3-4,7,24,26-27H2,1-2H3,(H,28,29). The molecule has 1 amide bonds. The third-order valence-electron chi connectivity index (χ3n) is 5.10. The summed E-state index contributed by atoms with van der Waals surface area (Å²) < 4.78 is 17.2. The Hall–Kier alpha value is -3.42. The van der Waals surface area contributed by atoms with Gasteiger partial charge in [0.2, 0.25) is 11.8 Å². The lowest BCUT2D eigenvalue weighted by Crippen LogP contribution is -2.23. The Morgan fingerprint density at radius 1 is 1.28 bits per heavy atom. The second-order valence-corrected chi connectivity index (χ2v) is 7.90. The van der Waals surface area contributed by atoms with Gasteiger partial charge in [-0.2, -0.15) is 5.26 Å². The average Bonchev–Trinajstić information content (AvgIpc) is 2.78. The highest BCUT2D eigenvalue weighted by Crippen LogP contribution is 2.49. The second-order valence-electron chi connectivity index (χ2n) is 7.05. The van der Waals surface area contributed by atoms with Crippen LogP contribution in [0.1, 0.15) is 29.9 Å². The molecular weight excluding hydrogens is 478 g/mol. The Morgan fingerprint density at radius 2 is 2.03 bits per heavy atom. The van der Waals surface area contributed by atoms with E-state index in [-0.39, 0.29) is 35.2 Å². The van der Waals surface area contributed by atoms with E-state index in [4.69, 9.17) is 31.4 Å². The Labute approximate surface area is 194 Å². The summed E-state index contributed by atoms with van der Waals surface area (Å²) in [6.45, 7) is 0.414. The number of allylic oxidation sites excluding steroid dienone is 1.